The lowest BCUT2D eigenvalue weighted by Crippen LogP contribution is -2.33. The molecule has 1 amide bonds. The molecule has 1 aliphatic carbocycles. The predicted molar refractivity (Wildman–Crippen MR) is 119 cm³/mol. The minimum atomic E-state index is -0.509. The molecule has 1 atom stereocenters. The highest BCUT2D eigenvalue weighted by molar-refractivity contribution is 5.68. The van der Waals surface area contributed by atoms with Gasteiger partial charge >= 0.3 is 6.09 Å². The second-order valence-corrected chi connectivity index (χ2v) is 8.56. The van der Waals surface area contributed by atoms with Crippen molar-refractivity contribution >= 4 is 6.09 Å². The van der Waals surface area contributed by atoms with Crippen LogP contribution in [0.15, 0.2) is 48.7 Å². The predicted octanol–water partition coefficient (Wildman–Crippen LogP) is 4.49. The van der Waals surface area contributed by atoms with Gasteiger partial charge in [-0.15, -0.1) is 0 Å². The molecule has 0 bridgehead atoms. The third kappa shape index (κ3) is 6.60. The first-order valence-corrected chi connectivity index (χ1v) is 10.6. The summed E-state index contributed by atoms with van der Waals surface area (Å²) >= 11 is 0. The molecule has 3 rings (SSSR count). The molecule has 1 heterocycles. The van der Waals surface area contributed by atoms with Gasteiger partial charge in [0.15, 0.2) is 0 Å². The summed E-state index contributed by atoms with van der Waals surface area (Å²) in [6, 6.07) is 14.9. The van der Waals surface area contributed by atoms with Crippen LogP contribution in [0, 0.1) is 11.8 Å². The number of carbonyl (C=O) groups excluding carboxylic acids is 1. The monoisotopic (exact) mass is 405 g/mol. The summed E-state index contributed by atoms with van der Waals surface area (Å²) in [5.41, 5.74) is 3.26. The lowest BCUT2D eigenvalue weighted by Gasteiger charge is -2.34. The van der Waals surface area contributed by atoms with Crippen molar-refractivity contribution < 1.29 is 9.53 Å². The molecule has 2 aromatic rings. The van der Waals surface area contributed by atoms with E-state index in [0.29, 0.717) is 6.54 Å². The molecule has 0 spiro atoms. The van der Waals surface area contributed by atoms with Crippen molar-refractivity contribution in [1.29, 1.82) is 0 Å². The summed E-state index contributed by atoms with van der Waals surface area (Å²) in [4.78, 5) is 18.9. The van der Waals surface area contributed by atoms with Crippen molar-refractivity contribution in [2.45, 2.75) is 58.2 Å². The van der Waals surface area contributed by atoms with Crippen molar-refractivity contribution in [3.63, 3.8) is 0 Å². The molecular formula is C25H31N3O2. The lowest BCUT2D eigenvalue weighted by molar-refractivity contribution is 0.0535. The Bertz CT molecular complexity index is 894. The van der Waals surface area contributed by atoms with E-state index in [0.717, 1.165) is 25.8 Å². The van der Waals surface area contributed by atoms with Gasteiger partial charge in [-0.1, -0.05) is 48.2 Å². The number of rotatable bonds is 5. The molecule has 0 radical (unpaired) electrons. The minimum Gasteiger partial charge on any atom is -0.444 e. The van der Waals surface area contributed by atoms with Crippen molar-refractivity contribution in [2.75, 3.05) is 13.1 Å². The second kappa shape index (κ2) is 10.3. The van der Waals surface area contributed by atoms with Gasteiger partial charge in [-0.2, -0.15) is 0 Å². The number of hydrogen-bond acceptors (Lipinski definition) is 4. The smallest absolute Gasteiger partial charge is 0.408 e. The van der Waals surface area contributed by atoms with E-state index in [4.69, 9.17) is 9.72 Å². The Morgan fingerprint density at radius 1 is 1.20 bits per heavy atom. The van der Waals surface area contributed by atoms with E-state index in [9.17, 15) is 4.79 Å². The van der Waals surface area contributed by atoms with Gasteiger partial charge in [0.05, 0.1) is 24.8 Å². The number of carbonyl (C=O) groups is 1. The summed E-state index contributed by atoms with van der Waals surface area (Å²) in [5, 5.41) is 2.69. The average Bonchev–Trinajstić information content (AvgIpc) is 2.72. The van der Waals surface area contributed by atoms with Crippen LogP contribution < -0.4 is 5.32 Å². The molecule has 1 aromatic carbocycles. The van der Waals surface area contributed by atoms with Crippen molar-refractivity contribution in [2.24, 2.45) is 0 Å². The average molecular weight is 406 g/mol. The lowest BCUT2D eigenvalue weighted by atomic mass is 9.90. The molecule has 5 heteroatoms. The Morgan fingerprint density at radius 3 is 2.77 bits per heavy atom. The highest BCUT2D eigenvalue weighted by Crippen LogP contribution is 2.33. The van der Waals surface area contributed by atoms with E-state index in [1.807, 2.05) is 39.1 Å². The first kappa shape index (κ1) is 21.9. The molecule has 158 valence electrons. The van der Waals surface area contributed by atoms with Gasteiger partial charge in [0, 0.05) is 12.7 Å². The summed E-state index contributed by atoms with van der Waals surface area (Å²) in [5.74, 6) is 6.29. The number of fused-ring (bicyclic) bond motifs is 1. The molecule has 0 fully saturated rings. The first-order valence-electron chi connectivity index (χ1n) is 10.6. The quantitative estimate of drug-likeness (QED) is 0.745. The van der Waals surface area contributed by atoms with Gasteiger partial charge in [-0.05, 0) is 57.2 Å². The maximum Gasteiger partial charge on any atom is 0.408 e. The van der Waals surface area contributed by atoms with E-state index >= 15 is 0 Å². The van der Waals surface area contributed by atoms with Gasteiger partial charge in [0.25, 0.3) is 0 Å². The Morgan fingerprint density at radius 2 is 2.00 bits per heavy atom. The SMILES string of the molecule is CC(C)(C)OC(=O)NCC#CCN(Cc1ccccc1)C1CCCc2cccnc21. The zero-order chi connectivity index (χ0) is 21.4. The Labute approximate surface area is 179 Å². The Kier molecular flexibility index (Phi) is 7.48. The topological polar surface area (TPSA) is 54.5 Å². The molecule has 1 unspecified atom stereocenters. The number of alkyl carbamates (subject to hydrolysis) is 1. The molecular weight excluding hydrogens is 374 g/mol. The highest BCUT2D eigenvalue weighted by atomic mass is 16.6. The van der Waals surface area contributed by atoms with Crippen LogP contribution in [-0.4, -0.2) is 34.7 Å². The first-order chi connectivity index (χ1) is 14.4. The van der Waals surface area contributed by atoms with Crippen molar-refractivity contribution in [3.05, 3.63) is 65.5 Å². The van der Waals surface area contributed by atoms with Crippen LogP contribution in [0.25, 0.3) is 0 Å². The maximum atomic E-state index is 11.8. The van der Waals surface area contributed by atoms with Crippen LogP contribution in [0.4, 0.5) is 4.79 Å². The fraction of sp³-hybridized carbons (Fsp3) is 0.440. The van der Waals surface area contributed by atoms with Crippen LogP contribution in [0.5, 0.6) is 0 Å². The van der Waals surface area contributed by atoms with Crippen LogP contribution in [0.2, 0.25) is 0 Å². The summed E-state index contributed by atoms with van der Waals surface area (Å²) in [7, 11) is 0. The van der Waals surface area contributed by atoms with Gasteiger partial charge in [0.2, 0.25) is 0 Å². The maximum absolute atomic E-state index is 11.8. The van der Waals surface area contributed by atoms with E-state index in [2.05, 4.69) is 52.4 Å². The standard InChI is InChI=1S/C25H31N3O2/c1-25(2,3)30-24(29)27-16-7-8-18-28(19-20-11-5-4-6-12-20)22-15-9-13-21-14-10-17-26-23(21)22/h4-6,10-12,14,17,22H,9,13,15-16,18-19H2,1-3H3,(H,27,29). The van der Waals surface area contributed by atoms with E-state index < -0.39 is 11.7 Å². The molecule has 0 saturated carbocycles. The molecule has 1 aromatic heterocycles. The minimum absolute atomic E-state index is 0.253. The normalized spacial score (nSPS) is 15.7. The fourth-order valence-corrected chi connectivity index (χ4v) is 3.69. The van der Waals surface area contributed by atoms with Crippen LogP contribution in [-0.2, 0) is 17.7 Å². The molecule has 30 heavy (non-hydrogen) atoms. The molecule has 0 aliphatic heterocycles. The molecule has 1 N–H and O–H groups in total. The summed E-state index contributed by atoms with van der Waals surface area (Å²) in [6.45, 7) is 7.23. The number of aryl methyl sites for hydroxylation is 1. The van der Waals surface area contributed by atoms with Crippen LogP contribution in [0.1, 0.15) is 56.5 Å². The third-order valence-corrected chi connectivity index (χ3v) is 4.96. The number of benzene rings is 1. The zero-order valence-electron chi connectivity index (χ0n) is 18.1. The summed E-state index contributed by atoms with van der Waals surface area (Å²) in [6.07, 6.45) is 4.76. The van der Waals surface area contributed by atoms with Gasteiger partial charge < -0.3 is 10.1 Å². The fourth-order valence-electron chi connectivity index (χ4n) is 3.69. The summed E-state index contributed by atoms with van der Waals surface area (Å²) < 4.78 is 5.24. The highest BCUT2D eigenvalue weighted by Gasteiger charge is 2.26. The molecule has 1 aliphatic rings. The van der Waals surface area contributed by atoms with E-state index in [1.54, 1.807) is 0 Å². The largest absolute Gasteiger partial charge is 0.444 e. The van der Waals surface area contributed by atoms with Gasteiger partial charge in [0.1, 0.15) is 5.60 Å². The number of nitrogens with zero attached hydrogens (tertiary/aromatic N) is 2. The third-order valence-electron chi connectivity index (χ3n) is 4.96. The van der Waals surface area contributed by atoms with E-state index in [1.165, 1.54) is 16.8 Å². The second-order valence-electron chi connectivity index (χ2n) is 8.56. The van der Waals surface area contributed by atoms with Crippen LogP contribution in [0.3, 0.4) is 0 Å². The Hall–Kier alpha value is -2.84. The van der Waals surface area contributed by atoms with E-state index in [-0.39, 0.29) is 12.6 Å². The molecule has 5 nitrogen and oxygen atoms in total. The number of amides is 1. The zero-order valence-corrected chi connectivity index (χ0v) is 18.1. The van der Waals surface area contributed by atoms with Crippen molar-refractivity contribution in [1.82, 2.24) is 15.2 Å². The number of hydrogen-bond donors (Lipinski definition) is 1. The number of ether oxygens (including phenoxy) is 1. The number of pyridine rings is 1. The number of nitrogens with one attached hydrogen (secondary N) is 1. The van der Waals surface area contributed by atoms with Gasteiger partial charge in [-0.25, -0.2) is 4.79 Å². The number of aromatic nitrogens is 1. The van der Waals surface area contributed by atoms with Crippen LogP contribution >= 0.6 is 0 Å². The molecule has 0 saturated heterocycles. The Balaban J connectivity index is 1.67. The van der Waals surface area contributed by atoms with Gasteiger partial charge in [-0.3, -0.25) is 9.88 Å². The van der Waals surface area contributed by atoms with Crippen molar-refractivity contribution in [3.8, 4) is 11.8 Å².